The molecule has 0 saturated carbocycles. The van der Waals surface area contributed by atoms with Gasteiger partial charge in [-0.05, 0) is 25.5 Å². The summed E-state index contributed by atoms with van der Waals surface area (Å²) >= 11 is 0.855. The van der Waals surface area contributed by atoms with Gasteiger partial charge < -0.3 is 4.74 Å². The first-order valence-electron chi connectivity index (χ1n) is 5.79. The van der Waals surface area contributed by atoms with Gasteiger partial charge in [0.25, 0.3) is 5.56 Å². The van der Waals surface area contributed by atoms with E-state index in [1.807, 2.05) is 0 Å². The normalized spacial score (nSPS) is 20.5. The number of aromatic nitrogens is 2. The first-order valence-corrected chi connectivity index (χ1v) is 7.02. The Morgan fingerprint density at radius 2 is 2.21 bits per heavy atom. The van der Waals surface area contributed by atoms with Gasteiger partial charge in [0, 0.05) is 11.5 Å². The third-order valence-corrected chi connectivity index (χ3v) is 3.65. The fraction of sp³-hybridized carbons (Fsp3) is 0.636. The summed E-state index contributed by atoms with van der Waals surface area (Å²) in [4.78, 5) is 11.8. The van der Waals surface area contributed by atoms with Gasteiger partial charge in [0.1, 0.15) is 5.56 Å². The van der Waals surface area contributed by atoms with Crippen LogP contribution in [0.3, 0.4) is 0 Å². The number of halogens is 3. The van der Waals surface area contributed by atoms with E-state index in [0.717, 1.165) is 35.5 Å². The van der Waals surface area contributed by atoms with Gasteiger partial charge in [-0.3, -0.25) is 4.79 Å². The molecular formula is C11H13F3N2O2S. The molecule has 2 heterocycles. The summed E-state index contributed by atoms with van der Waals surface area (Å²) in [5.41, 5.74) is -2.30. The van der Waals surface area contributed by atoms with Gasteiger partial charge >= 0.3 is 6.18 Å². The van der Waals surface area contributed by atoms with Crippen molar-refractivity contribution in [3.8, 4) is 0 Å². The van der Waals surface area contributed by atoms with E-state index in [9.17, 15) is 18.0 Å². The summed E-state index contributed by atoms with van der Waals surface area (Å²) in [6.07, 6.45) is -0.666. The zero-order valence-electron chi connectivity index (χ0n) is 10.2. The predicted octanol–water partition coefficient (Wildman–Crippen LogP) is 2.68. The van der Waals surface area contributed by atoms with Crippen molar-refractivity contribution >= 4 is 11.8 Å². The molecule has 1 fully saturated rings. The summed E-state index contributed by atoms with van der Waals surface area (Å²) < 4.78 is 45.0. The molecule has 0 N–H and O–H groups in total. The van der Waals surface area contributed by atoms with Crippen molar-refractivity contribution in [2.24, 2.45) is 0 Å². The Labute approximate surface area is 111 Å². The zero-order valence-corrected chi connectivity index (χ0v) is 11.1. The fourth-order valence-electron chi connectivity index (χ4n) is 1.99. The molecule has 1 unspecified atom stereocenters. The molecule has 0 radical (unpaired) electrons. The summed E-state index contributed by atoms with van der Waals surface area (Å²) in [7, 11) is 0. The number of hydrogen-bond acceptors (Lipinski definition) is 4. The van der Waals surface area contributed by atoms with Gasteiger partial charge in [-0.1, -0.05) is 0 Å². The van der Waals surface area contributed by atoms with Crippen molar-refractivity contribution in [1.82, 2.24) is 9.78 Å². The second kappa shape index (κ2) is 5.54. The average Bonchev–Trinajstić information content (AvgIpc) is 2.37. The smallest absolute Gasteiger partial charge is 0.356 e. The lowest BCUT2D eigenvalue weighted by molar-refractivity contribution is -0.142. The number of nitrogens with zero attached hydrogens (tertiary/aromatic N) is 2. The van der Waals surface area contributed by atoms with E-state index in [-0.39, 0.29) is 4.90 Å². The van der Waals surface area contributed by atoms with Crippen molar-refractivity contribution in [2.75, 3.05) is 12.9 Å². The molecule has 1 aromatic heterocycles. The maximum Gasteiger partial charge on any atom is 0.422 e. The molecule has 106 valence electrons. The van der Waals surface area contributed by atoms with Crippen LogP contribution in [0.2, 0.25) is 0 Å². The molecule has 2 rings (SSSR count). The summed E-state index contributed by atoms with van der Waals surface area (Å²) in [6.45, 7) is 0.435. The SMILES string of the molecule is CSc1cnn(C2CCCCO2)c(=O)c1C(F)(F)F. The minimum Gasteiger partial charge on any atom is -0.356 e. The maximum atomic E-state index is 12.9. The van der Waals surface area contributed by atoms with E-state index in [1.54, 1.807) is 0 Å². The summed E-state index contributed by atoms with van der Waals surface area (Å²) in [5.74, 6) is 0. The van der Waals surface area contributed by atoms with Gasteiger partial charge in [-0.2, -0.15) is 18.3 Å². The van der Waals surface area contributed by atoms with Crippen LogP contribution in [0.15, 0.2) is 15.9 Å². The predicted molar refractivity (Wildman–Crippen MR) is 64.1 cm³/mol. The van der Waals surface area contributed by atoms with Crippen LogP contribution in [-0.2, 0) is 10.9 Å². The van der Waals surface area contributed by atoms with Gasteiger partial charge in [-0.25, -0.2) is 4.68 Å². The van der Waals surface area contributed by atoms with E-state index < -0.39 is 23.5 Å². The lowest BCUT2D eigenvalue weighted by Gasteiger charge is -2.24. The average molecular weight is 294 g/mol. The molecule has 0 amide bonds. The van der Waals surface area contributed by atoms with E-state index in [4.69, 9.17) is 4.74 Å². The Balaban J connectivity index is 2.50. The largest absolute Gasteiger partial charge is 0.422 e. The molecule has 0 aromatic carbocycles. The van der Waals surface area contributed by atoms with Crippen LogP contribution in [-0.4, -0.2) is 22.6 Å². The van der Waals surface area contributed by atoms with Crippen molar-refractivity contribution in [3.63, 3.8) is 0 Å². The quantitative estimate of drug-likeness (QED) is 0.787. The van der Waals surface area contributed by atoms with Crippen LogP contribution in [0.5, 0.6) is 0 Å². The number of alkyl halides is 3. The molecule has 1 aliphatic heterocycles. The topological polar surface area (TPSA) is 44.1 Å². The van der Waals surface area contributed by atoms with Crippen LogP contribution < -0.4 is 5.56 Å². The monoisotopic (exact) mass is 294 g/mol. The zero-order chi connectivity index (χ0) is 14.0. The summed E-state index contributed by atoms with van der Waals surface area (Å²) in [5, 5.41) is 3.81. The lowest BCUT2D eigenvalue weighted by Crippen LogP contribution is -2.35. The van der Waals surface area contributed by atoms with E-state index in [2.05, 4.69) is 5.10 Å². The Morgan fingerprint density at radius 1 is 1.47 bits per heavy atom. The van der Waals surface area contributed by atoms with Crippen LogP contribution in [0.25, 0.3) is 0 Å². The highest BCUT2D eigenvalue weighted by molar-refractivity contribution is 7.98. The third kappa shape index (κ3) is 2.94. The first-order chi connectivity index (χ1) is 8.95. The second-order valence-electron chi connectivity index (χ2n) is 4.16. The Hall–Kier alpha value is -1.02. The minimum atomic E-state index is -4.69. The van der Waals surface area contributed by atoms with E-state index in [1.165, 1.54) is 6.26 Å². The highest BCUT2D eigenvalue weighted by atomic mass is 32.2. The number of thioether (sulfide) groups is 1. The molecule has 0 spiro atoms. The molecule has 19 heavy (non-hydrogen) atoms. The molecular weight excluding hydrogens is 281 g/mol. The maximum absolute atomic E-state index is 12.9. The first kappa shape index (κ1) is 14.4. The number of rotatable bonds is 2. The van der Waals surface area contributed by atoms with Gasteiger partial charge in [0.05, 0.1) is 6.20 Å². The molecule has 1 atom stereocenters. The number of hydrogen-bond donors (Lipinski definition) is 0. The second-order valence-corrected chi connectivity index (χ2v) is 5.00. The highest BCUT2D eigenvalue weighted by Gasteiger charge is 2.38. The van der Waals surface area contributed by atoms with Crippen molar-refractivity contribution < 1.29 is 17.9 Å². The van der Waals surface area contributed by atoms with E-state index >= 15 is 0 Å². The summed E-state index contributed by atoms with van der Waals surface area (Å²) in [6, 6.07) is 0. The fourth-order valence-corrected chi connectivity index (χ4v) is 2.55. The molecule has 4 nitrogen and oxygen atoms in total. The third-order valence-electron chi connectivity index (χ3n) is 2.90. The lowest BCUT2D eigenvalue weighted by atomic mass is 10.2. The van der Waals surface area contributed by atoms with Crippen LogP contribution in [0, 0.1) is 0 Å². The Morgan fingerprint density at radius 3 is 2.74 bits per heavy atom. The van der Waals surface area contributed by atoms with Gasteiger partial charge in [0.2, 0.25) is 0 Å². The Kier molecular flexibility index (Phi) is 4.19. The standard InChI is InChI=1S/C11H13F3N2O2S/c1-19-7-6-15-16(8-4-2-3-5-18-8)10(17)9(7)11(12,13)14/h6,8H,2-5H2,1H3. The molecule has 1 aromatic rings. The molecule has 1 aliphatic rings. The number of ether oxygens (including phenoxy) is 1. The molecule has 0 bridgehead atoms. The Bertz CT molecular complexity index is 510. The van der Waals surface area contributed by atoms with Crippen molar-refractivity contribution in [1.29, 1.82) is 0 Å². The minimum absolute atomic E-state index is 0.162. The van der Waals surface area contributed by atoms with Gasteiger partial charge in [-0.15, -0.1) is 11.8 Å². The highest BCUT2D eigenvalue weighted by Crippen LogP contribution is 2.33. The van der Waals surface area contributed by atoms with E-state index in [0.29, 0.717) is 13.0 Å². The molecule has 8 heteroatoms. The van der Waals surface area contributed by atoms with Crippen molar-refractivity contribution in [2.45, 2.75) is 36.6 Å². The van der Waals surface area contributed by atoms with Crippen LogP contribution in [0.1, 0.15) is 31.1 Å². The molecule has 0 aliphatic carbocycles. The van der Waals surface area contributed by atoms with Crippen LogP contribution >= 0.6 is 11.8 Å². The van der Waals surface area contributed by atoms with Crippen molar-refractivity contribution in [3.05, 3.63) is 22.1 Å². The molecule has 1 saturated heterocycles. The van der Waals surface area contributed by atoms with Crippen LogP contribution in [0.4, 0.5) is 13.2 Å². The van der Waals surface area contributed by atoms with Gasteiger partial charge in [0.15, 0.2) is 6.23 Å².